The lowest BCUT2D eigenvalue weighted by molar-refractivity contribution is -0.114. The monoisotopic (exact) mass is 412 g/mol. The van der Waals surface area contributed by atoms with E-state index in [0.29, 0.717) is 26.1 Å². The molecule has 7 heteroatoms. The highest BCUT2D eigenvalue weighted by Gasteiger charge is 2.20. The van der Waals surface area contributed by atoms with E-state index >= 15 is 0 Å². The summed E-state index contributed by atoms with van der Waals surface area (Å²) in [6.07, 6.45) is 4.65. The van der Waals surface area contributed by atoms with Crippen molar-refractivity contribution in [3.63, 3.8) is 0 Å². The molecule has 0 radical (unpaired) electrons. The SMILES string of the molecule is O=C(/C=C/c1ccccc1Cl)N(Cc1ccco1)c1nc2ccc(F)cc2s1. The Hall–Kier alpha value is -2.96. The number of anilines is 1. The van der Waals surface area contributed by atoms with Crippen LogP contribution in [0.15, 0.2) is 71.4 Å². The van der Waals surface area contributed by atoms with Crippen LogP contribution in [-0.2, 0) is 11.3 Å². The number of thiazole rings is 1. The van der Waals surface area contributed by atoms with Crippen LogP contribution < -0.4 is 4.90 Å². The third-order valence-electron chi connectivity index (χ3n) is 4.04. The quantitative estimate of drug-likeness (QED) is 0.382. The van der Waals surface area contributed by atoms with E-state index < -0.39 is 0 Å². The minimum atomic E-state index is -0.342. The number of aromatic nitrogens is 1. The molecule has 4 aromatic rings. The van der Waals surface area contributed by atoms with Crippen LogP contribution in [0.2, 0.25) is 5.02 Å². The summed E-state index contributed by atoms with van der Waals surface area (Å²) in [5.41, 5.74) is 1.37. The molecule has 0 bridgehead atoms. The molecule has 1 amide bonds. The van der Waals surface area contributed by atoms with Crippen LogP contribution in [0.1, 0.15) is 11.3 Å². The van der Waals surface area contributed by atoms with Crippen molar-refractivity contribution in [1.82, 2.24) is 4.98 Å². The van der Waals surface area contributed by atoms with Crippen LogP contribution in [0.5, 0.6) is 0 Å². The van der Waals surface area contributed by atoms with E-state index in [1.165, 1.54) is 34.4 Å². The predicted molar refractivity (Wildman–Crippen MR) is 110 cm³/mol. The molecule has 0 aliphatic heterocycles. The molecule has 0 N–H and O–H groups in total. The van der Waals surface area contributed by atoms with Crippen LogP contribution in [0.25, 0.3) is 16.3 Å². The molecule has 0 atom stereocenters. The second-order valence-corrected chi connectivity index (χ2v) is 7.38. The first-order valence-corrected chi connectivity index (χ1v) is 9.62. The summed E-state index contributed by atoms with van der Waals surface area (Å²) in [5.74, 6) is -0.00833. The molecule has 0 unspecified atom stereocenters. The summed E-state index contributed by atoms with van der Waals surface area (Å²) in [7, 11) is 0. The highest BCUT2D eigenvalue weighted by atomic mass is 35.5. The minimum Gasteiger partial charge on any atom is -0.467 e. The van der Waals surface area contributed by atoms with Gasteiger partial charge in [-0.1, -0.05) is 41.1 Å². The van der Waals surface area contributed by atoms with Gasteiger partial charge in [0.2, 0.25) is 0 Å². The van der Waals surface area contributed by atoms with Gasteiger partial charge in [0.25, 0.3) is 5.91 Å². The zero-order valence-electron chi connectivity index (χ0n) is 14.5. The number of benzene rings is 2. The van der Waals surface area contributed by atoms with E-state index in [2.05, 4.69) is 4.98 Å². The molecule has 4 nitrogen and oxygen atoms in total. The van der Waals surface area contributed by atoms with E-state index in [9.17, 15) is 9.18 Å². The number of carbonyl (C=O) groups is 1. The van der Waals surface area contributed by atoms with Crippen molar-refractivity contribution in [1.29, 1.82) is 0 Å². The summed E-state index contributed by atoms with van der Waals surface area (Å²) < 4.78 is 19.6. The highest BCUT2D eigenvalue weighted by molar-refractivity contribution is 7.22. The van der Waals surface area contributed by atoms with E-state index in [0.717, 1.165) is 5.56 Å². The van der Waals surface area contributed by atoms with Crippen LogP contribution in [-0.4, -0.2) is 10.9 Å². The molecule has 2 heterocycles. The number of carbonyl (C=O) groups excluding carboxylic acids is 1. The topological polar surface area (TPSA) is 46.3 Å². The van der Waals surface area contributed by atoms with Crippen molar-refractivity contribution < 1.29 is 13.6 Å². The van der Waals surface area contributed by atoms with E-state index in [1.54, 1.807) is 36.6 Å². The second kappa shape index (κ2) is 7.96. The number of halogens is 2. The number of fused-ring (bicyclic) bond motifs is 1. The average Bonchev–Trinajstić information content (AvgIpc) is 3.34. The Labute approximate surface area is 169 Å². The molecule has 0 aliphatic carbocycles. The van der Waals surface area contributed by atoms with E-state index in [1.807, 2.05) is 18.2 Å². The zero-order chi connectivity index (χ0) is 19.5. The zero-order valence-corrected chi connectivity index (χ0v) is 16.1. The van der Waals surface area contributed by atoms with Gasteiger partial charge in [-0.25, -0.2) is 9.37 Å². The third-order valence-corrected chi connectivity index (χ3v) is 5.43. The Morgan fingerprint density at radius 1 is 1.21 bits per heavy atom. The lowest BCUT2D eigenvalue weighted by Crippen LogP contribution is -2.28. The van der Waals surface area contributed by atoms with Gasteiger partial charge in [0.1, 0.15) is 11.6 Å². The molecule has 28 heavy (non-hydrogen) atoms. The molecule has 0 aliphatic rings. The maximum absolute atomic E-state index is 13.5. The fourth-order valence-corrected chi connectivity index (χ4v) is 3.86. The number of hydrogen-bond acceptors (Lipinski definition) is 4. The van der Waals surface area contributed by atoms with Crippen molar-refractivity contribution in [3.05, 3.63) is 89.1 Å². The average molecular weight is 413 g/mol. The molecule has 0 spiro atoms. The minimum absolute atomic E-state index is 0.209. The van der Waals surface area contributed by atoms with E-state index in [-0.39, 0.29) is 18.3 Å². The molecule has 0 fully saturated rings. The summed E-state index contributed by atoms with van der Waals surface area (Å²) in [4.78, 5) is 18.9. The fraction of sp³-hybridized carbons (Fsp3) is 0.0476. The standard InChI is InChI=1S/C21H14ClFN2O2S/c22-17-6-2-1-4-14(17)7-10-20(26)25(13-16-5-3-11-27-16)21-24-18-9-8-15(23)12-19(18)28-21/h1-12H,13H2/b10-7+. The predicted octanol–water partition coefficient (Wildman–Crippen LogP) is 5.93. The van der Waals surface area contributed by atoms with Gasteiger partial charge in [-0.15, -0.1) is 0 Å². The Kier molecular flexibility index (Phi) is 5.23. The van der Waals surface area contributed by atoms with Crippen molar-refractivity contribution in [2.75, 3.05) is 4.90 Å². The first-order chi connectivity index (χ1) is 13.6. The molecular formula is C21H14ClFN2O2S. The molecule has 140 valence electrons. The Balaban J connectivity index is 1.68. The van der Waals surface area contributed by atoms with Crippen molar-refractivity contribution in [3.8, 4) is 0 Å². The normalized spacial score (nSPS) is 11.4. The Morgan fingerprint density at radius 3 is 2.86 bits per heavy atom. The first-order valence-electron chi connectivity index (χ1n) is 8.43. The Morgan fingerprint density at radius 2 is 2.07 bits per heavy atom. The van der Waals surface area contributed by atoms with Gasteiger partial charge in [-0.2, -0.15) is 0 Å². The number of furan rings is 1. The van der Waals surface area contributed by atoms with Crippen molar-refractivity contribution in [2.24, 2.45) is 0 Å². The van der Waals surface area contributed by atoms with Crippen LogP contribution >= 0.6 is 22.9 Å². The van der Waals surface area contributed by atoms with Crippen LogP contribution in [0, 0.1) is 5.82 Å². The highest BCUT2D eigenvalue weighted by Crippen LogP contribution is 2.31. The maximum atomic E-state index is 13.5. The fourth-order valence-electron chi connectivity index (χ4n) is 2.66. The second-order valence-electron chi connectivity index (χ2n) is 5.97. The molecule has 4 rings (SSSR count). The van der Waals surface area contributed by atoms with Gasteiger partial charge < -0.3 is 4.42 Å². The van der Waals surface area contributed by atoms with Gasteiger partial charge in [0.15, 0.2) is 5.13 Å². The number of amides is 1. The van der Waals surface area contributed by atoms with Crippen LogP contribution in [0.3, 0.4) is 0 Å². The smallest absolute Gasteiger partial charge is 0.253 e. The molecule has 2 aromatic heterocycles. The van der Waals surface area contributed by atoms with Crippen molar-refractivity contribution >= 4 is 50.3 Å². The Bertz CT molecular complexity index is 1150. The molecule has 0 saturated carbocycles. The lowest BCUT2D eigenvalue weighted by atomic mass is 10.2. The summed E-state index contributed by atoms with van der Waals surface area (Å²) in [6, 6.07) is 15.1. The largest absolute Gasteiger partial charge is 0.467 e. The van der Waals surface area contributed by atoms with Crippen molar-refractivity contribution in [2.45, 2.75) is 6.54 Å². The summed E-state index contributed by atoms with van der Waals surface area (Å²) >= 11 is 7.40. The van der Waals surface area contributed by atoms with Gasteiger partial charge in [-0.05, 0) is 48.0 Å². The van der Waals surface area contributed by atoms with Gasteiger partial charge in [-0.3, -0.25) is 9.69 Å². The summed E-state index contributed by atoms with van der Waals surface area (Å²) in [6.45, 7) is 0.209. The van der Waals surface area contributed by atoms with Gasteiger partial charge >= 0.3 is 0 Å². The maximum Gasteiger partial charge on any atom is 0.253 e. The molecule has 2 aromatic carbocycles. The number of rotatable bonds is 5. The molecule has 0 saturated heterocycles. The van der Waals surface area contributed by atoms with Crippen LogP contribution in [0.4, 0.5) is 9.52 Å². The third kappa shape index (κ3) is 3.98. The first kappa shape index (κ1) is 18.4. The van der Waals surface area contributed by atoms with Gasteiger partial charge in [0, 0.05) is 11.1 Å². The molecular weight excluding hydrogens is 399 g/mol. The van der Waals surface area contributed by atoms with E-state index in [4.69, 9.17) is 16.0 Å². The summed E-state index contributed by atoms with van der Waals surface area (Å²) in [5, 5.41) is 1.02. The number of nitrogens with zero attached hydrogens (tertiary/aromatic N) is 2. The van der Waals surface area contributed by atoms with Gasteiger partial charge in [0.05, 0.1) is 23.0 Å². The number of hydrogen-bond donors (Lipinski definition) is 0. The lowest BCUT2D eigenvalue weighted by Gasteiger charge is -2.16.